The summed E-state index contributed by atoms with van der Waals surface area (Å²) in [6.07, 6.45) is 4.57. The van der Waals surface area contributed by atoms with Gasteiger partial charge in [-0.05, 0) is 146 Å². The molecule has 0 amide bonds. The number of hydrogen-bond acceptors (Lipinski definition) is 9. The van der Waals surface area contributed by atoms with E-state index in [-0.39, 0.29) is 39.1 Å². The molecule has 11 aromatic rings. The smallest absolute Gasteiger partial charge is 0.164 e. The van der Waals surface area contributed by atoms with Gasteiger partial charge < -0.3 is 26.0 Å². The maximum Gasteiger partial charge on any atom is 0.164 e. The SMILES string of the molecule is CC1(C)c2cccc3c2N2c4c1cccc4C(C)(C)c1cc(-c4nc5cccnc5n4-c4ccccc4)cc(c12)C3(C)C.CC1(C)c2cccc3c2N2c4c1cccc4C(C)(C)c1cc(C=O)cc(c12)C3(C)C.CCO.Nc1cccnc1Nc1ccccc1. The lowest BCUT2D eigenvalue weighted by Gasteiger charge is -2.55. The second-order valence-electron chi connectivity index (χ2n) is 27.9. The molecule has 90 heavy (non-hydrogen) atoms. The lowest BCUT2D eigenvalue weighted by molar-refractivity contribution is 0.112. The molecule has 3 aromatic heterocycles. The number of imidazole rings is 1. The number of hydrogen-bond donors (Lipinski definition) is 3. The molecule has 0 saturated carbocycles. The quantitative estimate of drug-likeness (QED) is 0.144. The van der Waals surface area contributed by atoms with Crippen molar-refractivity contribution < 1.29 is 9.90 Å². The standard InChI is InChI=1S/C39H34N4.C28H27NO.C11H11N3.C2H6O/c1-37(2)25-15-10-17-27-32(25)43-33-26(37)16-11-18-28(33)39(5,6)30-22-23(21-29(34(30)43)38(27,3)4)35-41-31-19-12-20-40-36(31)42(35)24-13-8-7-9-14-24;1-26(2)17-9-7-11-19-23(17)29-24-18(26)10-8-12-20(24)28(5,6)22-14-16(15-30)13-21(25(22)29)27(19,3)4;12-10-7-4-8-13-11(10)14-9-5-2-1-3-6-9;1-2-3/h7-22H,1-6H3;7-15H,1-6H3;1-8H,12H2,(H,13,14);3H,2H2,1H3. The Morgan fingerprint density at radius 2 is 0.800 bits per heavy atom. The van der Waals surface area contributed by atoms with Crippen molar-refractivity contribution in [2.24, 2.45) is 0 Å². The maximum atomic E-state index is 11.9. The molecule has 0 unspecified atom stereocenters. The molecule has 0 saturated heterocycles. The number of aromatic nitrogens is 4. The molecule has 10 heteroatoms. The average molecular weight is 1180 g/mol. The number of nitrogens with one attached hydrogen (secondary N) is 1. The first-order valence-corrected chi connectivity index (χ1v) is 31.5. The van der Waals surface area contributed by atoms with Gasteiger partial charge in [-0.15, -0.1) is 0 Å². The van der Waals surface area contributed by atoms with E-state index in [2.05, 4.69) is 241 Å². The lowest BCUT2D eigenvalue weighted by Crippen LogP contribution is -2.43. The summed E-state index contributed by atoms with van der Waals surface area (Å²) in [5.74, 6) is 1.61. The van der Waals surface area contributed by atoms with Crippen molar-refractivity contribution in [2.45, 2.75) is 122 Å². The van der Waals surface area contributed by atoms with Crippen LogP contribution in [-0.2, 0) is 32.5 Å². The summed E-state index contributed by atoms with van der Waals surface area (Å²) in [6.45, 7) is 30.3. The Balaban J connectivity index is 0.000000130. The molecule has 10 nitrogen and oxygen atoms in total. The largest absolute Gasteiger partial charge is 0.397 e. The Morgan fingerprint density at radius 1 is 0.444 bits per heavy atom. The summed E-state index contributed by atoms with van der Waals surface area (Å²) in [5.41, 5.74) is 35.4. The van der Waals surface area contributed by atoms with Crippen LogP contribution in [0.2, 0.25) is 0 Å². The second-order valence-corrected chi connectivity index (χ2v) is 27.9. The zero-order chi connectivity index (χ0) is 63.2. The predicted molar refractivity (Wildman–Crippen MR) is 369 cm³/mol. The van der Waals surface area contributed by atoms with E-state index in [0.717, 1.165) is 45.8 Å². The van der Waals surface area contributed by atoms with E-state index in [0.29, 0.717) is 11.5 Å². The van der Waals surface area contributed by atoms with Gasteiger partial charge in [-0.1, -0.05) is 192 Å². The minimum atomic E-state index is -0.209. The number of nitrogen functional groups attached to an aromatic ring is 1. The molecule has 0 atom stereocenters. The molecular formula is C80H78N8O2. The van der Waals surface area contributed by atoms with E-state index in [1.165, 1.54) is 101 Å². The summed E-state index contributed by atoms with van der Waals surface area (Å²) >= 11 is 0. The zero-order valence-electron chi connectivity index (χ0n) is 53.9. The molecule has 4 N–H and O–H groups in total. The normalized spacial score (nSPS) is 16.7. The Kier molecular flexibility index (Phi) is 13.2. The van der Waals surface area contributed by atoms with Crippen LogP contribution in [0.4, 0.5) is 51.3 Å². The number of carbonyl (C=O) groups is 1. The first kappa shape index (κ1) is 58.1. The summed E-state index contributed by atoms with van der Waals surface area (Å²) < 4.78 is 2.22. The summed E-state index contributed by atoms with van der Waals surface area (Å²) in [4.78, 5) is 31.2. The lowest BCUT2D eigenvalue weighted by atomic mass is 9.60. The summed E-state index contributed by atoms with van der Waals surface area (Å²) in [7, 11) is 0. The second kappa shape index (κ2) is 20.5. The van der Waals surface area contributed by atoms with Crippen LogP contribution in [0.25, 0.3) is 28.2 Å². The number of carbonyl (C=O) groups excluding carboxylic acids is 1. The molecule has 0 spiro atoms. The number of aliphatic hydroxyl groups excluding tert-OH is 1. The number of pyridine rings is 2. The number of anilines is 9. The van der Waals surface area contributed by atoms with E-state index in [1.807, 2.05) is 54.7 Å². The van der Waals surface area contributed by atoms with Crippen molar-refractivity contribution in [3.05, 3.63) is 267 Å². The third-order valence-electron chi connectivity index (χ3n) is 20.5. The van der Waals surface area contributed by atoms with Crippen molar-refractivity contribution in [3.63, 3.8) is 0 Å². The number of nitrogens with two attached hydrogens (primary N) is 1. The molecule has 0 bridgehead atoms. The van der Waals surface area contributed by atoms with Crippen LogP contribution < -0.4 is 20.9 Å². The molecule has 6 aliphatic heterocycles. The molecule has 0 aliphatic carbocycles. The molecular weight excluding hydrogens is 1100 g/mol. The molecule has 8 aromatic carbocycles. The molecule has 450 valence electrons. The van der Waals surface area contributed by atoms with Gasteiger partial charge in [0.1, 0.15) is 17.6 Å². The highest BCUT2D eigenvalue weighted by Crippen LogP contribution is 2.68. The van der Waals surface area contributed by atoms with Crippen molar-refractivity contribution in [2.75, 3.05) is 27.5 Å². The summed E-state index contributed by atoms with van der Waals surface area (Å²) in [5, 5.41) is 10.7. The molecule has 9 heterocycles. The summed E-state index contributed by atoms with van der Waals surface area (Å²) in [6, 6.07) is 64.5. The molecule has 17 rings (SSSR count). The fourth-order valence-electron chi connectivity index (χ4n) is 15.7. The van der Waals surface area contributed by atoms with Crippen LogP contribution in [-0.4, -0.2) is 37.5 Å². The molecule has 6 aliphatic rings. The number of para-hydroxylation sites is 6. The fourth-order valence-corrected chi connectivity index (χ4v) is 15.7. The highest BCUT2D eigenvalue weighted by molar-refractivity contribution is 6.01. The van der Waals surface area contributed by atoms with Crippen molar-refractivity contribution in [1.82, 2.24) is 19.5 Å². The van der Waals surface area contributed by atoms with Gasteiger partial charge in [-0.25, -0.2) is 15.0 Å². The van der Waals surface area contributed by atoms with Crippen LogP contribution in [0.15, 0.2) is 194 Å². The van der Waals surface area contributed by atoms with Gasteiger partial charge in [0.2, 0.25) is 0 Å². The first-order valence-electron chi connectivity index (χ1n) is 31.5. The molecule has 0 fully saturated rings. The van der Waals surface area contributed by atoms with Crippen molar-refractivity contribution in [1.29, 1.82) is 0 Å². The number of rotatable bonds is 5. The van der Waals surface area contributed by atoms with Gasteiger partial charge in [-0.2, -0.15) is 0 Å². The van der Waals surface area contributed by atoms with Gasteiger partial charge >= 0.3 is 0 Å². The van der Waals surface area contributed by atoms with Gasteiger partial charge in [0.25, 0.3) is 0 Å². The first-order chi connectivity index (χ1) is 43.0. The number of nitrogens with zero attached hydrogens (tertiary/aromatic N) is 6. The Bertz CT molecular complexity index is 4560. The fraction of sp³-hybridized carbons (Fsp3) is 0.250. The van der Waals surface area contributed by atoms with Gasteiger partial charge in [0, 0.05) is 74.0 Å². The van der Waals surface area contributed by atoms with Crippen LogP contribution in [0.1, 0.15) is 167 Å². The van der Waals surface area contributed by atoms with Gasteiger partial charge in [-0.3, -0.25) is 9.36 Å². The van der Waals surface area contributed by atoms with E-state index in [4.69, 9.17) is 20.8 Å². The van der Waals surface area contributed by atoms with E-state index < -0.39 is 0 Å². The van der Waals surface area contributed by atoms with Gasteiger partial charge in [0.05, 0.1) is 39.8 Å². The number of benzene rings is 8. The number of aliphatic hydroxyl groups is 1. The molecule has 0 radical (unpaired) electrons. The Morgan fingerprint density at radius 3 is 1.20 bits per heavy atom. The highest BCUT2D eigenvalue weighted by Gasteiger charge is 2.54. The number of fused-ring (bicyclic) bond motifs is 1. The average Bonchev–Trinajstić information content (AvgIpc) is 0.738. The highest BCUT2D eigenvalue weighted by atomic mass is 16.2. The van der Waals surface area contributed by atoms with Crippen LogP contribution in [0.5, 0.6) is 0 Å². The topological polar surface area (TPSA) is 125 Å². The Hall–Kier alpha value is -9.64. The Labute approximate surface area is 529 Å². The van der Waals surface area contributed by atoms with Gasteiger partial charge in [0.15, 0.2) is 11.5 Å². The van der Waals surface area contributed by atoms with E-state index >= 15 is 0 Å². The van der Waals surface area contributed by atoms with Crippen molar-refractivity contribution >= 4 is 68.8 Å². The maximum absolute atomic E-state index is 11.9. The number of aldehydes is 1. The minimum Gasteiger partial charge on any atom is -0.397 e. The zero-order valence-corrected chi connectivity index (χ0v) is 53.9. The van der Waals surface area contributed by atoms with Crippen LogP contribution in [0.3, 0.4) is 0 Å². The van der Waals surface area contributed by atoms with Crippen LogP contribution >= 0.6 is 0 Å². The predicted octanol–water partition coefficient (Wildman–Crippen LogP) is 18.8. The van der Waals surface area contributed by atoms with E-state index in [9.17, 15) is 4.79 Å². The van der Waals surface area contributed by atoms with E-state index in [1.54, 1.807) is 13.1 Å². The van der Waals surface area contributed by atoms with Crippen LogP contribution in [0, 0.1) is 0 Å². The van der Waals surface area contributed by atoms with Crippen molar-refractivity contribution in [3.8, 4) is 17.1 Å². The third-order valence-corrected chi connectivity index (χ3v) is 20.5. The minimum absolute atomic E-state index is 0.0723. The monoisotopic (exact) mass is 1180 g/mol. The third kappa shape index (κ3) is 8.25.